The molecule has 1 aliphatic heterocycles. The Morgan fingerprint density at radius 1 is 1.21 bits per heavy atom. The Morgan fingerprint density at radius 3 is 2.42 bits per heavy atom. The zero-order valence-corrected chi connectivity index (χ0v) is 12.3. The van der Waals surface area contributed by atoms with Gasteiger partial charge in [0.1, 0.15) is 5.82 Å². The van der Waals surface area contributed by atoms with Crippen LogP contribution in [0.4, 0.5) is 5.82 Å². The molecule has 1 aromatic rings. The van der Waals surface area contributed by atoms with Crippen LogP contribution in [0.1, 0.15) is 6.42 Å². The molecule has 0 unspecified atom stereocenters. The van der Waals surface area contributed by atoms with Crippen LogP contribution in [-0.4, -0.2) is 48.5 Å². The summed E-state index contributed by atoms with van der Waals surface area (Å²) in [5, 5.41) is 0. The molecule has 7 heteroatoms. The van der Waals surface area contributed by atoms with E-state index in [0.29, 0.717) is 13.0 Å². The summed E-state index contributed by atoms with van der Waals surface area (Å²) < 4.78 is 0. The SMILES string of the molecule is Cl.Cl.NCCC(=O)N1CCN(c2ccccn2)CC1. The van der Waals surface area contributed by atoms with E-state index in [1.165, 1.54) is 0 Å². The van der Waals surface area contributed by atoms with Crippen molar-refractivity contribution in [3.8, 4) is 0 Å². The minimum atomic E-state index is 0. The van der Waals surface area contributed by atoms with Gasteiger partial charge < -0.3 is 15.5 Å². The van der Waals surface area contributed by atoms with Crippen LogP contribution < -0.4 is 10.6 Å². The quantitative estimate of drug-likeness (QED) is 0.902. The largest absolute Gasteiger partial charge is 0.353 e. The van der Waals surface area contributed by atoms with Gasteiger partial charge in [0.05, 0.1) is 0 Å². The molecule has 2 rings (SSSR count). The molecule has 2 heterocycles. The number of hydrogen-bond acceptors (Lipinski definition) is 4. The number of amides is 1. The van der Waals surface area contributed by atoms with Crippen molar-refractivity contribution in [1.29, 1.82) is 0 Å². The molecule has 1 aliphatic rings. The monoisotopic (exact) mass is 306 g/mol. The number of carbonyl (C=O) groups excluding carboxylic acids is 1. The van der Waals surface area contributed by atoms with Gasteiger partial charge in [-0.2, -0.15) is 0 Å². The van der Waals surface area contributed by atoms with Crippen LogP contribution in [0.3, 0.4) is 0 Å². The van der Waals surface area contributed by atoms with Crippen LogP contribution in [-0.2, 0) is 4.79 Å². The predicted molar refractivity (Wildman–Crippen MR) is 81.2 cm³/mol. The maximum absolute atomic E-state index is 11.7. The number of anilines is 1. The predicted octanol–water partition coefficient (Wildman–Crippen LogP) is 0.923. The number of piperazine rings is 1. The van der Waals surface area contributed by atoms with Gasteiger partial charge >= 0.3 is 0 Å². The standard InChI is InChI=1S/C12H18N4O.2ClH/c13-5-4-12(17)16-9-7-15(8-10-16)11-3-1-2-6-14-11;;/h1-3,6H,4-5,7-10,13H2;2*1H. The third-order valence-corrected chi connectivity index (χ3v) is 2.96. The number of nitrogens with two attached hydrogens (primary N) is 1. The van der Waals surface area contributed by atoms with Gasteiger partial charge in [0.15, 0.2) is 0 Å². The van der Waals surface area contributed by atoms with Crippen LogP contribution in [0, 0.1) is 0 Å². The fourth-order valence-electron chi connectivity index (χ4n) is 2.01. The lowest BCUT2D eigenvalue weighted by molar-refractivity contribution is -0.131. The van der Waals surface area contributed by atoms with Crippen LogP contribution >= 0.6 is 24.8 Å². The van der Waals surface area contributed by atoms with Gasteiger partial charge in [-0.3, -0.25) is 4.79 Å². The molecule has 1 fully saturated rings. The second-order valence-corrected chi connectivity index (χ2v) is 4.09. The van der Waals surface area contributed by atoms with Crippen molar-refractivity contribution >= 4 is 36.5 Å². The zero-order chi connectivity index (χ0) is 12.1. The summed E-state index contributed by atoms with van der Waals surface area (Å²) in [6.07, 6.45) is 2.24. The van der Waals surface area contributed by atoms with Crippen molar-refractivity contribution in [2.75, 3.05) is 37.6 Å². The van der Waals surface area contributed by atoms with E-state index in [2.05, 4.69) is 9.88 Å². The fraction of sp³-hybridized carbons (Fsp3) is 0.500. The van der Waals surface area contributed by atoms with Gasteiger partial charge in [0.25, 0.3) is 0 Å². The first-order valence-corrected chi connectivity index (χ1v) is 5.95. The molecule has 0 spiro atoms. The highest BCUT2D eigenvalue weighted by molar-refractivity contribution is 5.85. The van der Waals surface area contributed by atoms with E-state index in [-0.39, 0.29) is 30.7 Å². The average Bonchev–Trinajstić information content (AvgIpc) is 2.40. The van der Waals surface area contributed by atoms with E-state index in [1.807, 2.05) is 23.1 Å². The molecule has 1 saturated heterocycles. The second kappa shape index (κ2) is 8.96. The van der Waals surface area contributed by atoms with Gasteiger partial charge in [-0.25, -0.2) is 4.98 Å². The molecule has 108 valence electrons. The number of carbonyl (C=O) groups is 1. The molecule has 1 amide bonds. The van der Waals surface area contributed by atoms with Crippen LogP contribution in [0.25, 0.3) is 0 Å². The Balaban J connectivity index is 0.00000162. The molecule has 2 N–H and O–H groups in total. The lowest BCUT2D eigenvalue weighted by Crippen LogP contribution is -2.49. The maximum Gasteiger partial charge on any atom is 0.223 e. The number of nitrogens with zero attached hydrogens (tertiary/aromatic N) is 3. The van der Waals surface area contributed by atoms with Crippen molar-refractivity contribution in [2.24, 2.45) is 5.73 Å². The van der Waals surface area contributed by atoms with Crippen LogP contribution in [0.2, 0.25) is 0 Å². The summed E-state index contributed by atoms with van der Waals surface area (Å²) in [5.74, 6) is 1.14. The van der Waals surface area contributed by atoms with Crippen molar-refractivity contribution in [3.63, 3.8) is 0 Å². The smallest absolute Gasteiger partial charge is 0.223 e. The first-order valence-electron chi connectivity index (χ1n) is 5.95. The number of halogens is 2. The highest BCUT2D eigenvalue weighted by atomic mass is 35.5. The zero-order valence-electron chi connectivity index (χ0n) is 10.7. The van der Waals surface area contributed by atoms with Gasteiger partial charge in [-0.1, -0.05) is 6.07 Å². The maximum atomic E-state index is 11.7. The van der Waals surface area contributed by atoms with Crippen molar-refractivity contribution < 1.29 is 4.79 Å². The topological polar surface area (TPSA) is 62.5 Å². The third-order valence-electron chi connectivity index (χ3n) is 2.96. The van der Waals surface area contributed by atoms with Crippen LogP contribution in [0.5, 0.6) is 0 Å². The Bertz CT molecular complexity index is 369. The van der Waals surface area contributed by atoms with E-state index in [1.54, 1.807) is 6.20 Å². The van der Waals surface area contributed by atoms with E-state index >= 15 is 0 Å². The van der Waals surface area contributed by atoms with Gasteiger partial charge in [-0.05, 0) is 12.1 Å². The molecule has 0 saturated carbocycles. The molecular weight excluding hydrogens is 287 g/mol. The van der Waals surface area contributed by atoms with Crippen molar-refractivity contribution in [3.05, 3.63) is 24.4 Å². The van der Waals surface area contributed by atoms with E-state index in [4.69, 9.17) is 5.73 Å². The molecule has 1 aromatic heterocycles. The van der Waals surface area contributed by atoms with Gasteiger partial charge in [0, 0.05) is 45.3 Å². The molecule has 0 aromatic carbocycles. The summed E-state index contributed by atoms with van der Waals surface area (Å²) in [6, 6.07) is 5.89. The van der Waals surface area contributed by atoms with Gasteiger partial charge in [0.2, 0.25) is 5.91 Å². The van der Waals surface area contributed by atoms with Crippen LogP contribution in [0.15, 0.2) is 24.4 Å². The number of pyridine rings is 1. The lowest BCUT2D eigenvalue weighted by atomic mass is 10.2. The van der Waals surface area contributed by atoms with E-state index < -0.39 is 0 Å². The number of hydrogen-bond donors (Lipinski definition) is 1. The fourth-order valence-corrected chi connectivity index (χ4v) is 2.01. The summed E-state index contributed by atoms with van der Waals surface area (Å²) in [5.41, 5.74) is 5.39. The number of aromatic nitrogens is 1. The molecule has 19 heavy (non-hydrogen) atoms. The molecule has 5 nitrogen and oxygen atoms in total. The molecular formula is C12H20Cl2N4O. The van der Waals surface area contributed by atoms with E-state index in [0.717, 1.165) is 32.0 Å². The first-order chi connectivity index (χ1) is 8.31. The number of rotatable bonds is 3. The highest BCUT2D eigenvalue weighted by Crippen LogP contribution is 2.12. The second-order valence-electron chi connectivity index (χ2n) is 4.09. The summed E-state index contributed by atoms with van der Waals surface area (Å²) in [7, 11) is 0. The van der Waals surface area contributed by atoms with E-state index in [9.17, 15) is 4.79 Å². The normalized spacial score (nSPS) is 14.4. The minimum absolute atomic E-state index is 0. The van der Waals surface area contributed by atoms with Crippen molar-refractivity contribution in [1.82, 2.24) is 9.88 Å². The molecule has 0 radical (unpaired) electrons. The Kier molecular flexibility index (Phi) is 8.47. The highest BCUT2D eigenvalue weighted by Gasteiger charge is 2.20. The first kappa shape index (κ1) is 18.0. The average molecular weight is 307 g/mol. The third kappa shape index (κ3) is 4.86. The Labute approximate surface area is 126 Å². The summed E-state index contributed by atoms with van der Waals surface area (Å²) in [4.78, 5) is 20.0. The van der Waals surface area contributed by atoms with Crippen molar-refractivity contribution in [2.45, 2.75) is 6.42 Å². The lowest BCUT2D eigenvalue weighted by Gasteiger charge is -2.35. The summed E-state index contributed by atoms with van der Waals surface area (Å²) >= 11 is 0. The molecule has 0 bridgehead atoms. The summed E-state index contributed by atoms with van der Waals surface area (Å²) in [6.45, 7) is 3.63. The molecule has 0 atom stereocenters. The Morgan fingerprint density at radius 2 is 1.89 bits per heavy atom. The van der Waals surface area contributed by atoms with Gasteiger partial charge in [-0.15, -0.1) is 24.8 Å². The molecule has 0 aliphatic carbocycles. The Hall–Kier alpha value is -1.04. The minimum Gasteiger partial charge on any atom is -0.353 e.